The van der Waals surface area contributed by atoms with E-state index in [0.29, 0.717) is 6.42 Å². The predicted octanol–water partition coefficient (Wildman–Crippen LogP) is 5.44. The number of hydrogen-bond acceptors (Lipinski definition) is 4. The van der Waals surface area contributed by atoms with Crippen LogP contribution in [0.3, 0.4) is 0 Å². The van der Waals surface area contributed by atoms with Crippen molar-refractivity contribution in [2.75, 3.05) is 0 Å². The Kier molecular flexibility index (Phi) is 6.50. The van der Waals surface area contributed by atoms with Crippen molar-refractivity contribution in [1.29, 1.82) is 0 Å². The molecule has 1 amide bonds. The van der Waals surface area contributed by atoms with E-state index in [0.717, 1.165) is 17.5 Å². The van der Waals surface area contributed by atoms with Gasteiger partial charge in [0.25, 0.3) is 0 Å². The summed E-state index contributed by atoms with van der Waals surface area (Å²) < 4.78 is 11.1. The van der Waals surface area contributed by atoms with Crippen LogP contribution in [0, 0.1) is 0 Å². The van der Waals surface area contributed by atoms with Gasteiger partial charge >= 0.3 is 12.1 Å². The van der Waals surface area contributed by atoms with Gasteiger partial charge in [0.2, 0.25) is 0 Å². The molecule has 0 aliphatic heterocycles. The maximum absolute atomic E-state index is 12.8. The second kappa shape index (κ2) is 9.49. The summed E-state index contributed by atoms with van der Waals surface area (Å²) in [5.74, 6) is -0.487. The molecule has 0 unspecified atom stereocenters. The molecule has 0 heterocycles. The summed E-state index contributed by atoms with van der Waals surface area (Å²) in [6, 6.07) is 23.1. The zero-order valence-electron chi connectivity index (χ0n) is 19.3. The lowest BCUT2D eigenvalue weighted by Gasteiger charge is -2.24. The van der Waals surface area contributed by atoms with Crippen LogP contribution in [0.15, 0.2) is 72.8 Å². The largest absolute Gasteiger partial charge is 0.458 e. The minimum absolute atomic E-state index is 0.134. The zero-order valence-corrected chi connectivity index (χ0v) is 19.3. The van der Waals surface area contributed by atoms with Crippen molar-refractivity contribution in [3.8, 4) is 11.1 Å². The summed E-state index contributed by atoms with van der Waals surface area (Å²) in [6.45, 7) is 5.54. The molecule has 0 radical (unpaired) electrons. The van der Waals surface area contributed by atoms with Crippen LogP contribution in [0.2, 0.25) is 0 Å². The fraction of sp³-hybridized carbons (Fsp3) is 0.286. The first kappa shape index (κ1) is 22.6. The van der Waals surface area contributed by atoms with Crippen LogP contribution in [0.25, 0.3) is 11.1 Å². The Morgan fingerprint density at radius 2 is 1.61 bits per heavy atom. The zero-order chi connectivity index (χ0) is 23.4. The van der Waals surface area contributed by atoms with Crippen LogP contribution in [0.5, 0.6) is 0 Å². The van der Waals surface area contributed by atoms with Crippen LogP contribution in [-0.4, -0.2) is 23.7 Å². The van der Waals surface area contributed by atoms with Gasteiger partial charge in [-0.25, -0.2) is 9.59 Å². The lowest BCUT2D eigenvalue weighted by atomic mass is 10.0. The van der Waals surface area contributed by atoms with E-state index in [1.807, 2.05) is 54.6 Å². The Hall–Kier alpha value is -3.60. The van der Waals surface area contributed by atoms with Gasteiger partial charge in [-0.05, 0) is 60.6 Å². The Labute approximate surface area is 194 Å². The van der Waals surface area contributed by atoms with Gasteiger partial charge in [-0.1, -0.05) is 72.8 Å². The maximum Gasteiger partial charge on any atom is 0.408 e. The average Bonchev–Trinajstić information content (AvgIpc) is 3.16. The lowest BCUT2D eigenvalue weighted by Crippen LogP contribution is -2.45. The van der Waals surface area contributed by atoms with Crippen LogP contribution >= 0.6 is 0 Å². The molecule has 3 aromatic rings. The number of fused-ring (bicyclic) bond motifs is 3. The van der Waals surface area contributed by atoms with Crippen LogP contribution in [0.1, 0.15) is 43.0 Å². The number of esters is 1. The number of amides is 1. The molecule has 0 fully saturated rings. The number of nitrogens with one attached hydrogen (secondary N) is 1. The normalized spacial score (nSPS) is 12.9. The number of carbonyl (C=O) groups excluding carboxylic acids is 2. The van der Waals surface area contributed by atoms with E-state index in [1.54, 1.807) is 20.8 Å². The lowest BCUT2D eigenvalue weighted by molar-refractivity contribution is -0.157. The number of alkyl carbamates (subject to hydrolysis) is 1. The van der Waals surface area contributed by atoms with Gasteiger partial charge in [0, 0.05) is 6.42 Å². The van der Waals surface area contributed by atoms with Gasteiger partial charge in [0.15, 0.2) is 0 Å². The molecular weight excluding hydrogens is 414 g/mol. The van der Waals surface area contributed by atoms with Crippen molar-refractivity contribution in [2.24, 2.45) is 0 Å². The summed E-state index contributed by atoms with van der Waals surface area (Å²) in [6.07, 6.45) is 0.497. The van der Waals surface area contributed by atoms with E-state index < -0.39 is 23.7 Å². The molecule has 4 rings (SSSR count). The molecule has 1 N–H and O–H groups in total. The summed E-state index contributed by atoms with van der Waals surface area (Å²) in [7, 11) is 0. The molecule has 0 saturated carbocycles. The number of rotatable bonds is 6. The van der Waals surface area contributed by atoms with Crippen molar-refractivity contribution in [2.45, 2.75) is 51.9 Å². The van der Waals surface area contributed by atoms with E-state index in [9.17, 15) is 9.59 Å². The highest BCUT2D eigenvalue weighted by molar-refractivity contribution is 5.82. The maximum atomic E-state index is 12.8. The number of hydrogen-bond donors (Lipinski definition) is 1. The van der Waals surface area contributed by atoms with Crippen molar-refractivity contribution in [3.63, 3.8) is 0 Å². The first-order valence-corrected chi connectivity index (χ1v) is 11.2. The van der Waals surface area contributed by atoms with Crippen LogP contribution in [-0.2, 0) is 33.7 Å². The van der Waals surface area contributed by atoms with E-state index in [1.165, 1.54) is 22.3 Å². The van der Waals surface area contributed by atoms with Gasteiger partial charge in [-0.2, -0.15) is 0 Å². The van der Waals surface area contributed by atoms with Crippen LogP contribution < -0.4 is 5.32 Å². The monoisotopic (exact) mass is 443 g/mol. The standard InChI is InChI=1S/C28H29NO4/c1-28(2,3)33-26(30)25(16-19-10-5-4-6-11-19)29-27(31)32-18-21-13-9-15-23-22-14-8-7-12-20(22)17-24(21)23/h4-15,25H,16-18H2,1-3H3,(H,29,31)/t25-/m0/s1. The third-order valence-electron chi connectivity index (χ3n) is 5.57. The van der Waals surface area contributed by atoms with Crippen molar-refractivity contribution < 1.29 is 19.1 Å². The minimum Gasteiger partial charge on any atom is -0.458 e. The predicted molar refractivity (Wildman–Crippen MR) is 128 cm³/mol. The summed E-state index contributed by atoms with van der Waals surface area (Å²) >= 11 is 0. The molecule has 1 atom stereocenters. The molecule has 0 saturated heterocycles. The van der Waals surface area contributed by atoms with E-state index in [4.69, 9.17) is 9.47 Å². The molecule has 5 nitrogen and oxygen atoms in total. The second-order valence-electron chi connectivity index (χ2n) is 9.27. The highest BCUT2D eigenvalue weighted by Crippen LogP contribution is 2.38. The molecule has 3 aromatic carbocycles. The summed E-state index contributed by atoms with van der Waals surface area (Å²) in [4.78, 5) is 25.4. The Balaban J connectivity index is 1.43. The smallest absolute Gasteiger partial charge is 0.408 e. The molecule has 0 bridgehead atoms. The summed E-state index contributed by atoms with van der Waals surface area (Å²) in [5, 5.41) is 2.71. The van der Waals surface area contributed by atoms with E-state index >= 15 is 0 Å². The van der Waals surface area contributed by atoms with Gasteiger partial charge in [0.1, 0.15) is 18.2 Å². The van der Waals surface area contributed by atoms with Crippen molar-refractivity contribution >= 4 is 12.1 Å². The quantitative estimate of drug-likeness (QED) is 0.403. The molecule has 0 spiro atoms. The first-order chi connectivity index (χ1) is 15.8. The second-order valence-corrected chi connectivity index (χ2v) is 9.27. The first-order valence-electron chi connectivity index (χ1n) is 11.2. The van der Waals surface area contributed by atoms with Gasteiger partial charge in [-0.3, -0.25) is 0 Å². The third kappa shape index (κ3) is 5.61. The fourth-order valence-corrected chi connectivity index (χ4v) is 4.10. The SMILES string of the molecule is CC(C)(C)OC(=O)[C@H](Cc1ccccc1)NC(=O)OCc1cccc2c1Cc1ccccc1-2. The average molecular weight is 444 g/mol. The highest BCUT2D eigenvalue weighted by Gasteiger charge is 2.28. The van der Waals surface area contributed by atoms with Crippen molar-refractivity contribution in [1.82, 2.24) is 5.32 Å². The number of benzene rings is 3. The van der Waals surface area contributed by atoms with Gasteiger partial charge in [0.05, 0.1) is 0 Å². The Morgan fingerprint density at radius 1 is 0.909 bits per heavy atom. The van der Waals surface area contributed by atoms with Gasteiger partial charge < -0.3 is 14.8 Å². The summed E-state index contributed by atoms with van der Waals surface area (Å²) in [5.41, 5.74) is 6.10. The number of ether oxygens (including phenoxy) is 2. The molecule has 170 valence electrons. The number of carbonyl (C=O) groups is 2. The van der Waals surface area contributed by atoms with E-state index in [-0.39, 0.29) is 6.61 Å². The highest BCUT2D eigenvalue weighted by atomic mass is 16.6. The minimum atomic E-state index is -0.843. The molecule has 5 heteroatoms. The third-order valence-corrected chi connectivity index (χ3v) is 5.57. The molecule has 1 aliphatic rings. The Bertz CT molecular complexity index is 1150. The molecule has 1 aliphatic carbocycles. The van der Waals surface area contributed by atoms with E-state index in [2.05, 4.69) is 23.5 Å². The fourth-order valence-electron chi connectivity index (χ4n) is 4.10. The van der Waals surface area contributed by atoms with Crippen LogP contribution in [0.4, 0.5) is 4.79 Å². The molecular formula is C28H29NO4. The molecule has 0 aromatic heterocycles. The topological polar surface area (TPSA) is 64.6 Å². The molecule has 33 heavy (non-hydrogen) atoms. The van der Waals surface area contributed by atoms with Crippen molar-refractivity contribution in [3.05, 3.63) is 95.1 Å². The van der Waals surface area contributed by atoms with Gasteiger partial charge in [-0.15, -0.1) is 0 Å². The Morgan fingerprint density at radius 3 is 2.36 bits per heavy atom.